The molecule has 0 saturated carbocycles. The van der Waals surface area contributed by atoms with Crippen LogP contribution in [-0.4, -0.2) is 0 Å². The largest absolute Gasteiger partial charge is 0.0804 e. The standard InChI is InChI=1S/C10H14.C9H8.C9H14.C5H12.CH4/c1-10(2,3)9-7-5-4-6-8-9;1-2-5-9-7-3-6-8(9)4-1;1-9(2,3)8-6-4-5-7-8;1-5(2,3)4;/h4-8H,1-3H3;1-6H,7H2;4-6H,7H2,1-3H3;1-4H3;1H4. The van der Waals surface area contributed by atoms with E-state index in [1.54, 1.807) is 5.57 Å². The molecule has 0 atom stereocenters. The zero-order chi connectivity index (χ0) is 25.1. The predicted molar refractivity (Wildman–Crippen MR) is 157 cm³/mol. The van der Waals surface area contributed by atoms with Crippen molar-refractivity contribution >= 4 is 6.08 Å². The van der Waals surface area contributed by atoms with Crippen molar-refractivity contribution in [3.63, 3.8) is 0 Å². The highest BCUT2D eigenvalue weighted by atomic mass is 14.2. The number of benzene rings is 2. The molecule has 0 heterocycles. The molecule has 0 heteroatoms. The van der Waals surface area contributed by atoms with Gasteiger partial charge in [-0.3, -0.25) is 0 Å². The van der Waals surface area contributed by atoms with Gasteiger partial charge >= 0.3 is 0 Å². The van der Waals surface area contributed by atoms with Crippen molar-refractivity contribution in [1.82, 2.24) is 0 Å². The van der Waals surface area contributed by atoms with Crippen molar-refractivity contribution in [2.75, 3.05) is 0 Å². The van der Waals surface area contributed by atoms with Crippen LogP contribution in [0.15, 0.2) is 84.5 Å². The Labute approximate surface area is 212 Å². The molecule has 0 N–H and O–H groups in total. The van der Waals surface area contributed by atoms with E-state index in [0.717, 1.165) is 12.8 Å². The number of allylic oxidation sites excluding steroid dienone is 5. The molecule has 2 aromatic rings. The van der Waals surface area contributed by atoms with Gasteiger partial charge in [0.2, 0.25) is 0 Å². The Kier molecular flexibility index (Phi) is 13.2. The summed E-state index contributed by atoms with van der Waals surface area (Å²) in [4.78, 5) is 0. The number of hydrogen-bond acceptors (Lipinski definition) is 0. The zero-order valence-corrected chi connectivity index (χ0v) is 23.0. The molecule has 4 rings (SSSR count). The lowest BCUT2D eigenvalue weighted by molar-refractivity contribution is 0.469. The molecule has 0 radical (unpaired) electrons. The third-order valence-corrected chi connectivity index (χ3v) is 5.06. The van der Waals surface area contributed by atoms with Gasteiger partial charge in [-0.25, -0.2) is 0 Å². The van der Waals surface area contributed by atoms with E-state index in [1.807, 2.05) is 0 Å². The molecular weight excluding hydrogens is 408 g/mol. The monoisotopic (exact) mass is 460 g/mol. The molecule has 2 aliphatic carbocycles. The Morgan fingerprint density at radius 2 is 1.12 bits per heavy atom. The van der Waals surface area contributed by atoms with Gasteiger partial charge in [0.1, 0.15) is 0 Å². The van der Waals surface area contributed by atoms with E-state index in [9.17, 15) is 0 Å². The van der Waals surface area contributed by atoms with Crippen molar-refractivity contribution in [1.29, 1.82) is 0 Å². The number of fused-ring (bicyclic) bond motifs is 1. The van der Waals surface area contributed by atoms with Crippen LogP contribution in [0.4, 0.5) is 0 Å². The Hall–Kier alpha value is -2.34. The van der Waals surface area contributed by atoms with Gasteiger partial charge in [0.15, 0.2) is 0 Å². The molecular formula is C34H52. The molecule has 188 valence electrons. The lowest BCUT2D eigenvalue weighted by atomic mass is 9.86. The second kappa shape index (κ2) is 14.1. The summed E-state index contributed by atoms with van der Waals surface area (Å²) in [5, 5.41) is 0. The minimum atomic E-state index is 0. The van der Waals surface area contributed by atoms with Crippen molar-refractivity contribution in [3.05, 3.63) is 101 Å². The first kappa shape index (κ1) is 31.7. The maximum atomic E-state index is 2.26. The highest BCUT2D eigenvalue weighted by molar-refractivity contribution is 5.59. The van der Waals surface area contributed by atoms with Gasteiger partial charge in [0.05, 0.1) is 0 Å². The molecule has 2 aliphatic rings. The lowest BCUT2D eigenvalue weighted by Gasteiger charge is -2.19. The SMILES string of the molecule is C.C1=Cc2ccccc2C1.CC(C)(C)C.CC(C)(C)C1=CC=CC1.CC(C)(C)c1ccccc1. The van der Waals surface area contributed by atoms with Crippen LogP contribution in [0.3, 0.4) is 0 Å². The molecule has 34 heavy (non-hydrogen) atoms. The minimum Gasteiger partial charge on any atom is -0.0804 e. The molecule has 0 nitrogen and oxygen atoms in total. The zero-order valence-electron chi connectivity index (χ0n) is 23.0. The van der Waals surface area contributed by atoms with Gasteiger partial charge in [-0.1, -0.05) is 167 Å². The first-order valence-electron chi connectivity index (χ1n) is 12.3. The summed E-state index contributed by atoms with van der Waals surface area (Å²) >= 11 is 0. The smallest absolute Gasteiger partial charge is 0.00882 e. The fourth-order valence-corrected chi connectivity index (χ4v) is 3.14. The number of rotatable bonds is 0. The summed E-state index contributed by atoms with van der Waals surface area (Å²) in [6.07, 6.45) is 13.2. The first-order chi connectivity index (χ1) is 15.2. The normalized spacial score (nSPS) is 13.6. The van der Waals surface area contributed by atoms with Gasteiger partial charge in [-0.05, 0) is 45.8 Å². The van der Waals surface area contributed by atoms with E-state index < -0.39 is 0 Å². The second-order valence-electron chi connectivity index (χ2n) is 12.5. The summed E-state index contributed by atoms with van der Waals surface area (Å²) in [7, 11) is 0. The van der Waals surface area contributed by atoms with Gasteiger partial charge in [0.25, 0.3) is 0 Å². The fraction of sp³-hybridized carbons (Fsp3) is 0.471. The van der Waals surface area contributed by atoms with Gasteiger partial charge in [-0.2, -0.15) is 0 Å². The third kappa shape index (κ3) is 14.0. The van der Waals surface area contributed by atoms with Crippen molar-refractivity contribution in [2.24, 2.45) is 10.8 Å². The Morgan fingerprint density at radius 1 is 0.588 bits per heavy atom. The number of hydrogen-bond donors (Lipinski definition) is 0. The Balaban J connectivity index is 0.000000434. The molecule has 2 aromatic carbocycles. The molecule has 0 amide bonds. The van der Waals surface area contributed by atoms with Crippen LogP contribution in [0.25, 0.3) is 6.08 Å². The van der Waals surface area contributed by atoms with E-state index in [4.69, 9.17) is 0 Å². The summed E-state index contributed by atoms with van der Waals surface area (Å²) in [6.45, 7) is 22.2. The van der Waals surface area contributed by atoms with Gasteiger partial charge < -0.3 is 0 Å². The van der Waals surface area contributed by atoms with E-state index in [0.29, 0.717) is 16.2 Å². The highest BCUT2D eigenvalue weighted by Gasteiger charge is 2.16. The molecule has 0 spiro atoms. The molecule has 0 aromatic heterocycles. The van der Waals surface area contributed by atoms with Crippen molar-refractivity contribution in [3.8, 4) is 0 Å². The Bertz CT molecular complexity index is 895. The Morgan fingerprint density at radius 3 is 1.50 bits per heavy atom. The second-order valence-corrected chi connectivity index (χ2v) is 12.5. The van der Waals surface area contributed by atoms with Crippen molar-refractivity contribution < 1.29 is 0 Å². The van der Waals surface area contributed by atoms with E-state index in [-0.39, 0.29) is 7.43 Å². The molecule has 0 saturated heterocycles. The lowest BCUT2D eigenvalue weighted by Crippen LogP contribution is -2.10. The van der Waals surface area contributed by atoms with Crippen LogP contribution in [0, 0.1) is 10.8 Å². The van der Waals surface area contributed by atoms with Crippen LogP contribution in [-0.2, 0) is 11.8 Å². The fourth-order valence-electron chi connectivity index (χ4n) is 3.14. The average Bonchev–Trinajstić information content (AvgIpc) is 3.39. The van der Waals surface area contributed by atoms with Crippen LogP contribution in [0.2, 0.25) is 0 Å². The van der Waals surface area contributed by atoms with Crippen LogP contribution >= 0.6 is 0 Å². The molecule has 0 aliphatic heterocycles. The molecule has 0 fully saturated rings. The van der Waals surface area contributed by atoms with Crippen LogP contribution < -0.4 is 0 Å². The van der Waals surface area contributed by atoms with Gasteiger partial charge in [0, 0.05) is 0 Å². The van der Waals surface area contributed by atoms with Crippen LogP contribution in [0.5, 0.6) is 0 Å². The first-order valence-corrected chi connectivity index (χ1v) is 12.3. The van der Waals surface area contributed by atoms with Crippen molar-refractivity contribution in [2.45, 2.75) is 94.9 Å². The summed E-state index contributed by atoms with van der Waals surface area (Å²) in [5.74, 6) is 0. The highest BCUT2D eigenvalue weighted by Crippen LogP contribution is 2.30. The van der Waals surface area contributed by atoms with E-state index >= 15 is 0 Å². The minimum absolute atomic E-state index is 0. The van der Waals surface area contributed by atoms with Crippen LogP contribution in [0.1, 0.15) is 99.8 Å². The molecule has 0 bridgehead atoms. The maximum absolute atomic E-state index is 2.26. The predicted octanol–water partition coefficient (Wildman–Crippen LogP) is 10.8. The summed E-state index contributed by atoms with van der Waals surface area (Å²) < 4.78 is 0. The quantitative estimate of drug-likeness (QED) is 0.366. The molecule has 0 unspecified atom stereocenters. The summed E-state index contributed by atoms with van der Waals surface area (Å²) in [5.41, 5.74) is 6.96. The summed E-state index contributed by atoms with van der Waals surface area (Å²) in [6, 6.07) is 19.0. The maximum Gasteiger partial charge on any atom is -0.00882 e. The van der Waals surface area contributed by atoms with E-state index in [2.05, 4.69) is 154 Å². The third-order valence-electron chi connectivity index (χ3n) is 5.06. The topological polar surface area (TPSA) is 0 Å². The van der Waals surface area contributed by atoms with Gasteiger partial charge in [-0.15, -0.1) is 0 Å². The van der Waals surface area contributed by atoms with E-state index in [1.165, 1.54) is 16.7 Å². The average molecular weight is 461 g/mol.